The van der Waals surface area contributed by atoms with E-state index in [-0.39, 0.29) is 6.54 Å². The van der Waals surface area contributed by atoms with Crippen molar-refractivity contribution >= 4 is 28.4 Å². The van der Waals surface area contributed by atoms with Crippen LogP contribution in [0.5, 0.6) is 0 Å². The van der Waals surface area contributed by atoms with Gasteiger partial charge in [0.25, 0.3) is 5.56 Å². The Bertz CT molecular complexity index is 1200. The summed E-state index contributed by atoms with van der Waals surface area (Å²) >= 11 is 1.52. The van der Waals surface area contributed by atoms with Gasteiger partial charge in [0.1, 0.15) is 29.9 Å². The molecule has 0 aliphatic carbocycles. The van der Waals surface area contributed by atoms with E-state index in [2.05, 4.69) is 15.5 Å². The van der Waals surface area contributed by atoms with Crippen molar-refractivity contribution in [3.8, 4) is 10.6 Å². The number of fused-ring (bicyclic) bond motifs is 1. The minimum Gasteiger partial charge on any atom is -0.324 e. The van der Waals surface area contributed by atoms with Crippen LogP contribution in [0.1, 0.15) is 5.56 Å². The van der Waals surface area contributed by atoms with Crippen molar-refractivity contribution in [2.24, 2.45) is 0 Å². The summed E-state index contributed by atoms with van der Waals surface area (Å²) in [5.74, 6) is -0.889. The molecule has 7 nitrogen and oxygen atoms in total. The van der Waals surface area contributed by atoms with Gasteiger partial charge in [0.2, 0.25) is 5.91 Å². The number of amides is 1. The van der Waals surface area contributed by atoms with Crippen LogP contribution < -0.4 is 10.9 Å². The molecule has 4 aromatic rings. The summed E-state index contributed by atoms with van der Waals surface area (Å²) in [6.07, 6.45) is 1.38. The van der Waals surface area contributed by atoms with Crippen LogP contribution in [0.25, 0.3) is 16.1 Å². The number of benzene rings is 1. The van der Waals surface area contributed by atoms with Crippen LogP contribution >= 0.6 is 11.3 Å². The van der Waals surface area contributed by atoms with Gasteiger partial charge in [-0.1, -0.05) is 12.1 Å². The fraction of sp³-hybridized carbons (Fsp3) is 0.111. The van der Waals surface area contributed by atoms with Crippen molar-refractivity contribution in [3.05, 3.63) is 69.8 Å². The maximum atomic E-state index is 13.6. The molecule has 0 saturated carbocycles. The summed E-state index contributed by atoms with van der Waals surface area (Å²) in [6, 6.07) is 9.88. The topological polar surface area (TPSA) is 81.3 Å². The van der Waals surface area contributed by atoms with E-state index in [1.165, 1.54) is 28.2 Å². The Balaban J connectivity index is 1.58. The van der Waals surface area contributed by atoms with E-state index in [0.29, 0.717) is 22.5 Å². The molecule has 136 valence electrons. The Morgan fingerprint density at radius 2 is 2.15 bits per heavy atom. The fourth-order valence-corrected chi connectivity index (χ4v) is 3.28. The standard InChI is InChI=1S/C18H14FN5O2S/c1-11-4-5-12(7-13(11)19)21-17(25)9-23-18(26)15-8-14(16-3-2-6-27-16)22-24(15)10-20-23/h2-8,10H,9H2,1H3,(H,21,25). The molecule has 0 aliphatic heterocycles. The predicted molar refractivity (Wildman–Crippen MR) is 100 cm³/mol. The second kappa shape index (κ2) is 6.76. The molecule has 1 N–H and O–H groups in total. The van der Waals surface area contributed by atoms with Crippen molar-refractivity contribution < 1.29 is 9.18 Å². The second-order valence-electron chi connectivity index (χ2n) is 5.94. The van der Waals surface area contributed by atoms with E-state index < -0.39 is 17.3 Å². The Kier molecular flexibility index (Phi) is 4.28. The quantitative estimate of drug-likeness (QED) is 0.588. The van der Waals surface area contributed by atoms with Gasteiger partial charge in [-0.05, 0) is 42.1 Å². The monoisotopic (exact) mass is 383 g/mol. The number of thiophene rings is 1. The number of hydrogen-bond donors (Lipinski definition) is 1. The van der Waals surface area contributed by atoms with Crippen LogP contribution in [0.15, 0.2) is 52.9 Å². The number of aryl methyl sites for hydroxylation is 1. The highest BCUT2D eigenvalue weighted by Crippen LogP contribution is 2.23. The summed E-state index contributed by atoms with van der Waals surface area (Å²) in [5.41, 5.74) is 1.36. The van der Waals surface area contributed by atoms with Crippen molar-refractivity contribution in [1.82, 2.24) is 19.4 Å². The van der Waals surface area contributed by atoms with E-state index >= 15 is 0 Å². The summed E-state index contributed by atoms with van der Waals surface area (Å²) in [6.45, 7) is 1.35. The number of nitrogens with one attached hydrogen (secondary N) is 1. The molecule has 0 saturated heterocycles. The number of carbonyl (C=O) groups is 1. The Morgan fingerprint density at radius 3 is 2.89 bits per heavy atom. The summed E-state index contributed by atoms with van der Waals surface area (Å²) < 4.78 is 16.0. The minimum absolute atomic E-state index is 0.287. The number of anilines is 1. The van der Waals surface area contributed by atoms with E-state index in [1.807, 2.05) is 17.5 Å². The SMILES string of the molecule is Cc1ccc(NC(=O)Cn2ncn3nc(-c4cccs4)cc3c2=O)cc1F. The van der Waals surface area contributed by atoms with E-state index in [1.54, 1.807) is 25.1 Å². The Hall–Kier alpha value is -3.33. The summed E-state index contributed by atoms with van der Waals surface area (Å²) in [5, 5.41) is 12.8. The van der Waals surface area contributed by atoms with Gasteiger partial charge in [-0.25, -0.2) is 13.6 Å². The third kappa shape index (κ3) is 3.36. The number of rotatable bonds is 4. The molecule has 1 amide bonds. The van der Waals surface area contributed by atoms with Gasteiger partial charge < -0.3 is 5.32 Å². The average molecular weight is 383 g/mol. The van der Waals surface area contributed by atoms with E-state index in [4.69, 9.17) is 0 Å². The molecule has 3 aromatic heterocycles. The fourth-order valence-electron chi connectivity index (χ4n) is 2.60. The zero-order valence-electron chi connectivity index (χ0n) is 14.2. The predicted octanol–water partition coefficient (Wildman–Crippen LogP) is 2.71. The van der Waals surface area contributed by atoms with Gasteiger partial charge in [-0.3, -0.25) is 9.59 Å². The van der Waals surface area contributed by atoms with Crippen molar-refractivity contribution in [3.63, 3.8) is 0 Å². The average Bonchev–Trinajstić information content (AvgIpc) is 3.30. The van der Waals surface area contributed by atoms with E-state index in [9.17, 15) is 14.0 Å². The van der Waals surface area contributed by atoms with Crippen molar-refractivity contribution in [2.75, 3.05) is 5.32 Å². The van der Waals surface area contributed by atoms with Gasteiger partial charge in [-0.15, -0.1) is 11.3 Å². The van der Waals surface area contributed by atoms with Crippen LogP contribution in [-0.2, 0) is 11.3 Å². The molecule has 0 radical (unpaired) electrons. The van der Waals surface area contributed by atoms with Crippen LogP contribution in [0.4, 0.5) is 10.1 Å². The molecule has 3 heterocycles. The highest BCUT2D eigenvalue weighted by atomic mass is 32.1. The molecule has 0 fully saturated rings. The first kappa shape index (κ1) is 17.1. The number of aromatic nitrogens is 4. The number of halogens is 1. The third-order valence-electron chi connectivity index (χ3n) is 4.01. The summed E-state index contributed by atoms with van der Waals surface area (Å²) in [7, 11) is 0. The first-order chi connectivity index (χ1) is 13.0. The number of carbonyl (C=O) groups excluding carboxylic acids is 1. The van der Waals surface area contributed by atoms with Gasteiger partial charge in [0, 0.05) is 5.69 Å². The van der Waals surface area contributed by atoms with Gasteiger partial charge in [-0.2, -0.15) is 10.2 Å². The molecule has 0 bridgehead atoms. The van der Waals surface area contributed by atoms with Crippen LogP contribution in [0.2, 0.25) is 0 Å². The van der Waals surface area contributed by atoms with Crippen LogP contribution in [-0.4, -0.2) is 25.3 Å². The molecule has 0 spiro atoms. The number of hydrogen-bond acceptors (Lipinski definition) is 5. The summed E-state index contributed by atoms with van der Waals surface area (Å²) in [4.78, 5) is 25.7. The minimum atomic E-state index is -0.477. The van der Waals surface area contributed by atoms with Gasteiger partial charge in [0.15, 0.2) is 0 Å². The molecule has 0 atom stereocenters. The highest BCUT2D eigenvalue weighted by Gasteiger charge is 2.13. The smallest absolute Gasteiger partial charge is 0.293 e. The number of nitrogens with zero attached hydrogens (tertiary/aromatic N) is 4. The lowest BCUT2D eigenvalue weighted by atomic mass is 10.2. The largest absolute Gasteiger partial charge is 0.324 e. The van der Waals surface area contributed by atoms with Crippen LogP contribution in [0.3, 0.4) is 0 Å². The molecular formula is C18H14FN5O2S. The van der Waals surface area contributed by atoms with Crippen molar-refractivity contribution in [2.45, 2.75) is 13.5 Å². The lowest BCUT2D eigenvalue weighted by molar-refractivity contribution is -0.117. The van der Waals surface area contributed by atoms with Gasteiger partial charge in [0.05, 0.1) is 4.88 Å². The van der Waals surface area contributed by atoms with Crippen LogP contribution in [0, 0.1) is 12.7 Å². The Labute approximate surface area is 156 Å². The maximum Gasteiger partial charge on any atom is 0.293 e. The first-order valence-corrected chi connectivity index (χ1v) is 8.94. The molecule has 0 unspecified atom stereocenters. The highest BCUT2D eigenvalue weighted by molar-refractivity contribution is 7.13. The zero-order valence-corrected chi connectivity index (χ0v) is 15.0. The molecule has 1 aromatic carbocycles. The molecule has 0 aliphatic rings. The Morgan fingerprint density at radius 1 is 1.30 bits per heavy atom. The van der Waals surface area contributed by atoms with E-state index in [0.717, 1.165) is 9.56 Å². The third-order valence-corrected chi connectivity index (χ3v) is 4.90. The molecule has 4 rings (SSSR count). The molecule has 9 heteroatoms. The molecular weight excluding hydrogens is 369 g/mol. The zero-order chi connectivity index (χ0) is 19.0. The normalized spacial score (nSPS) is 11.0. The van der Waals surface area contributed by atoms with Gasteiger partial charge >= 0.3 is 0 Å². The second-order valence-corrected chi connectivity index (χ2v) is 6.89. The van der Waals surface area contributed by atoms with Crippen molar-refractivity contribution in [1.29, 1.82) is 0 Å². The molecule has 27 heavy (non-hydrogen) atoms. The first-order valence-electron chi connectivity index (χ1n) is 8.06. The lowest BCUT2D eigenvalue weighted by Gasteiger charge is -2.07. The maximum absolute atomic E-state index is 13.6. The lowest BCUT2D eigenvalue weighted by Crippen LogP contribution is -2.30.